The zero-order chi connectivity index (χ0) is 17.2. The van der Waals surface area contributed by atoms with Crippen LogP contribution in [0.1, 0.15) is 15.6 Å². The molecular weight excluding hydrogens is 341 g/mol. The van der Waals surface area contributed by atoms with Gasteiger partial charge in [0.25, 0.3) is 0 Å². The number of hydrogen-bond donors (Lipinski definition) is 0. The first-order valence-corrected chi connectivity index (χ1v) is 8.37. The van der Waals surface area contributed by atoms with Crippen LogP contribution < -0.4 is 0 Å². The van der Waals surface area contributed by atoms with Crippen LogP contribution >= 0.6 is 11.3 Å². The maximum atomic E-state index is 13.2. The van der Waals surface area contributed by atoms with E-state index in [-0.39, 0.29) is 12.4 Å². The van der Waals surface area contributed by atoms with E-state index in [1.807, 2.05) is 30.3 Å². The van der Waals surface area contributed by atoms with E-state index in [2.05, 4.69) is 4.98 Å². The van der Waals surface area contributed by atoms with Gasteiger partial charge in [-0.2, -0.15) is 0 Å². The SMILES string of the molecule is O=C(OCc1ncc(-c2ccccc2)o1)c1cc2cc(F)ccc2s1. The highest BCUT2D eigenvalue weighted by Crippen LogP contribution is 2.27. The predicted molar refractivity (Wildman–Crippen MR) is 92.8 cm³/mol. The second kappa shape index (κ2) is 6.49. The van der Waals surface area contributed by atoms with E-state index in [0.29, 0.717) is 21.9 Å². The van der Waals surface area contributed by atoms with Crippen molar-refractivity contribution in [2.24, 2.45) is 0 Å². The van der Waals surface area contributed by atoms with E-state index < -0.39 is 5.97 Å². The number of hydrogen-bond acceptors (Lipinski definition) is 5. The van der Waals surface area contributed by atoms with Gasteiger partial charge in [0.05, 0.1) is 6.20 Å². The summed E-state index contributed by atoms with van der Waals surface area (Å²) in [6.07, 6.45) is 1.60. The minimum absolute atomic E-state index is 0.0612. The Morgan fingerprint density at radius 2 is 2.00 bits per heavy atom. The molecule has 0 aliphatic carbocycles. The first kappa shape index (κ1) is 15.5. The molecule has 0 amide bonds. The zero-order valence-corrected chi connectivity index (χ0v) is 13.8. The number of oxazole rings is 1. The zero-order valence-electron chi connectivity index (χ0n) is 12.9. The lowest BCUT2D eigenvalue weighted by Crippen LogP contribution is -2.03. The average molecular weight is 353 g/mol. The van der Waals surface area contributed by atoms with Gasteiger partial charge < -0.3 is 9.15 Å². The van der Waals surface area contributed by atoms with Crippen molar-refractivity contribution in [3.8, 4) is 11.3 Å². The van der Waals surface area contributed by atoms with Gasteiger partial charge in [-0.15, -0.1) is 11.3 Å². The molecule has 0 aliphatic heterocycles. The molecule has 0 saturated carbocycles. The lowest BCUT2D eigenvalue weighted by atomic mass is 10.2. The van der Waals surface area contributed by atoms with Gasteiger partial charge in [-0.3, -0.25) is 0 Å². The molecule has 0 saturated heterocycles. The largest absolute Gasteiger partial charge is 0.451 e. The lowest BCUT2D eigenvalue weighted by Gasteiger charge is -1.99. The monoisotopic (exact) mass is 353 g/mol. The van der Waals surface area contributed by atoms with E-state index in [4.69, 9.17) is 9.15 Å². The van der Waals surface area contributed by atoms with E-state index >= 15 is 0 Å². The highest BCUT2D eigenvalue weighted by Gasteiger charge is 2.14. The fraction of sp³-hybridized carbons (Fsp3) is 0.0526. The van der Waals surface area contributed by atoms with Crippen LogP contribution in [-0.4, -0.2) is 11.0 Å². The highest BCUT2D eigenvalue weighted by atomic mass is 32.1. The number of rotatable bonds is 4. The molecule has 4 rings (SSSR count). The van der Waals surface area contributed by atoms with Crippen LogP contribution in [0.5, 0.6) is 0 Å². The van der Waals surface area contributed by atoms with Gasteiger partial charge in [-0.05, 0) is 29.7 Å². The lowest BCUT2D eigenvalue weighted by molar-refractivity contribution is 0.0445. The number of nitrogens with zero attached hydrogens (tertiary/aromatic N) is 1. The van der Waals surface area contributed by atoms with Crippen molar-refractivity contribution >= 4 is 27.4 Å². The number of benzene rings is 2. The van der Waals surface area contributed by atoms with E-state index in [0.717, 1.165) is 10.3 Å². The minimum Gasteiger partial charge on any atom is -0.451 e. The summed E-state index contributed by atoms with van der Waals surface area (Å²) in [6.45, 7) is -0.0612. The molecule has 0 N–H and O–H groups in total. The quantitative estimate of drug-likeness (QED) is 0.482. The number of carbonyl (C=O) groups excluding carboxylic acids is 1. The molecule has 4 nitrogen and oxygen atoms in total. The molecule has 0 radical (unpaired) electrons. The van der Waals surface area contributed by atoms with Gasteiger partial charge in [0.2, 0.25) is 5.89 Å². The summed E-state index contributed by atoms with van der Waals surface area (Å²) in [5, 5.41) is 0.680. The van der Waals surface area contributed by atoms with Gasteiger partial charge in [-0.25, -0.2) is 14.2 Å². The Labute approximate surface area is 146 Å². The van der Waals surface area contributed by atoms with Crippen molar-refractivity contribution < 1.29 is 18.3 Å². The average Bonchev–Trinajstić information content (AvgIpc) is 3.27. The predicted octanol–water partition coefficient (Wildman–Crippen LogP) is 5.05. The van der Waals surface area contributed by atoms with Gasteiger partial charge in [0.15, 0.2) is 12.4 Å². The minimum atomic E-state index is -0.485. The Bertz CT molecular complexity index is 1040. The highest BCUT2D eigenvalue weighted by molar-refractivity contribution is 7.20. The first-order chi connectivity index (χ1) is 12.2. The van der Waals surface area contributed by atoms with Crippen LogP contribution in [0.15, 0.2) is 65.2 Å². The third-order valence-electron chi connectivity index (χ3n) is 3.62. The smallest absolute Gasteiger partial charge is 0.348 e. The van der Waals surface area contributed by atoms with Crippen LogP contribution in [0.25, 0.3) is 21.4 Å². The third-order valence-corrected chi connectivity index (χ3v) is 4.71. The molecule has 4 aromatic rings. The van der Waals surface area contributed by atoms with E-state index in [9.17, 15) is 9.18 Å². The van der Waals surface area contributed by atoms with Crippen molar-refractivity contribution in [3.63, 3.8) is 0 Å². The summed E-state index contributed by atoms with van der Waals surface area (Å²) in [7, 11) is 0. The van der Waals surface area contributed by atoms with Crippen molar-refractivity contribution in [1.82, 2.24) is 4.98 Å². The summed E-state index contributed by atoms with van der Waals surface area (Å²) < 4.78 is 24.9. The molecule has 2 heterocycles. The molecule has 0 bridgehead atoms. The molecule has 6 heteroatoms. The van der Waals surface area contributed by atoms with Crippen LogP contribution in [-0.2, 0) is 11.3 Å². The second-order valence-electron chi connectivity index (χ2n) is 5.35. The Morgan fingerprint density at radius 3 is 2.84 bits per heavy atom. The molecule has 124 valence electrons. The molecular formula is C19H12FNO3S. The maximum absolute atomic E-state index is 13.2. The van der Waals surface area contributed by atoms with Crippen LogP contribution in [0.3, 0.4) is 0 Å². The Balaban J connectivity index is 1.45. The molecule has 2 aromatic carbocycles. The number of fused-ring (bicyclic) bond motifs is 1. The van der Waals surface area contributed by atoms with Crippen molar-refractivity contribution in [2.75, 3.05) is 0 Å². The third kappa shape index (κ3) is 3.29. The molecule has 0 unspecified atom stereocenters. The molecule has 0 spiro atoms. The summed E-state index contributed by atoms with van der Waals surface area (Å²) in [6, 6.07) is 15.6. The van der Waals surface area contributed by atoms with Crippen molar-refractivity contribution in [2.45, 2.75) is 6.61 Å². The molecule has 0 atom stereocenters. The molecule has 25 heavy (non-hydrogen) atoms. The number of ether oxygens (including phenoxy) is 1. The summed E-state index contributed by atoms with van der Waals surface area (Å²) in [4.78, 5) is 16.7. The fourth-order valence-corrected chi connectivity index (χ4v) is 3.36. The normalized spacial score (nSPS) is 10.9. The fourth-order valence-electron chi connectivity index (χ4n) is 2.43. The number of esters is 1. The number of aromatic nitrogens is 1. The van der Waals surface area contributed by atoms with Crippen molar-refractivity contribution in [3.05, 3.63) is 77.4 Å². The van der Waals surface area contributed by atoms with Crippen LogP contribution in [0.4, 0.5) is 4.39 Å². The Morgan fingerprint density at radius 1 is 1.16 bits per heavy atom. The summed E-state index contributed by atoms with van der Waals surface area (Å²) in [5.41, 5.74) is 0.902. The van der Waals surface area contributed by atoms with Gasteiger partial charge >= 0.3 is 5.97 Å². The Hall–Kier alpha value is -2.99. The second-order valence-corrected chi connectivity index (χ2v) is 6.44. The molecule has 0 aliphatic rings. The van der Waals surface area contributed by atoms with E-state index in [1.54, 1.807) is 18.3 Å². The molecule has 2 aromatic heterocycles. The summed E-state index contributed by atoms with van der Waals surface area (Å²) in [5.74, 6) is 0.114. The number of thiophene rings is 1. The summed E-state index contributed by atoms with van der Waals surface area (Å²) >= 11 is 1.26. The van der Waals surface area contributed by atoms with Gasteiger partial charge in [0, 0.05) is 10.3 Å². The van der Waals surface area contributed by atoms with Gasteiger partial charge in [-0.1, -0.05) is 30.3 Å². The number of carbonyl (C=O) groups is 1. The Kier molecular flexibility index (Phi) is 4.03. The van der Waals surface area contributed by atoms with Gasteiger partial charge in [0.1, 0.15) is 10.7 Å². The van der Waals surface area contributed by atoms with Crippen LogP contribution in [0, 0.1) is 5.82 Å². The van der Waals surface area contributed by atoms with Crippen LogP contribution in [0.2, 0.25) is 0 Å². The van der Waals surface area contributed by atoms with E-state index in [1.165, 1.54) is 23.5 Å². The van der Waals surface area contributed by atoms with Crippen molar-refractivity contribution in [1.29, 1.82) is 0 Å². The first-order valence-electron chi connectivity index (χ1n) is 7.55. The standard InChI is InChI=1S/C19H12FNO3S/c20-14-6-7-16-13(8-14)9-17(25-16)19(22)23-11-18-21-10-15(24-18)12-4-2-1-3-5-12/h1-10H,11H2. The molecule has 0 fully saturated rings. The maximum Gasteiger partial charge on any atom is 0.348 e. The topological polar surface area (TPSA) is 52.3 Å². The number of halogens is 1.